The molecule has 0 spiro atoms. The van der Waals surface area contributed by atoms with Gasteiger partial charge in [-0.05, 0) is 39.3 Å². The van der Waals surface area contributed by atoms with E-state index in [0.29, 0.717) is 11.4 Å². The van der Waals surface area contributed by atoms with Crippen LogP contribution < -0.4 is 15.5 Å². The highest BCUT2D eigenvalue weighted by atomic mass is 19.4. The van der Waals surface area contributed by atoms with Gasteiger partial charge >= 0.3 is 12.3 Å². The number of carbonyl (C=O) groups is 2. The zero-order valence-electron chi connectivity index (χ0n) is 15.5. The van der Waals surface area contributed by atoms with Crippen molar-refractivity contribution < 1.29 is 27.5 Å². The number of carbonyl (C=O) groups excluding carboxylic acids is 2. The van der Waals surface area contributed by atoms with Crippen LogP contribution in [-0.2, 0) is 9.53 Å². The second-order valence-electron chi connectivity index (χ2n) is 7.37. The molecule has 0 radical (unpaired) electrons. The summed E-state index contributed by atoms with van der Waals surface area (Å²) in [5, 5.41) is 5.20. The molecule has 1 unspecified atom stereocenters. The number of alkyl carbamates (subject to hydrolysis) is 1. The van der Waals surface area contributed by atoms with E-state index in [9.17, 15) is 22.8 Å². The molecule has 0 bridgehead atoms. The van der Waals surface area contributed by atoms with Crippen molar-refractivity contribution in [3.8, 4) is 0 Å². The maximum Gasteiger partial charge on any atom is 0.408 e. The number of nitrogens with zero attached hydrogens (tertiary/aromatic N) is 1. The normalized spacial score (nSPS) is 17.6. The van der Waals surface area contributed by atoms with Crippen molar-refractivity contribution in [1.29, 1.82) is 0 Å². The summed E-state index contributed by atoms with van der Waals surface area (Å²) in [5.74, 6) is -0.452. The van der Waals surface area contributed by atoms with E-state index in [1.807, 2.05) is 0 Å². The number of rotatable bonds is 4. The van der Waals surface area contributed by atoms with Gasteiger partial charge in [-0.15, -0.1) is 0 Å². The lowest BCUT2D eigenvalue weighted by Gasteiger charge is -2.27. The SMILES string of the molecule is CC(C)(C)OC(=O)NC1CN(CCCC(F)(F)F)c2ccccc2NC1=O. The smallest absolute Gasteiger partial charge is 0.408 e. The first kappa shape index (κ1) is 20.9. The number of hydrogen-bond acceptors (Lipinski definition) is 4. The lowest BCUT2D eigenvalue weighted by molar-refractivity contribution is -0.135. The number of alkyl halides is 3. The minimum absolute atomic E-state index is 0.0416. The van der Waals surface area contributed by atoms with Crippen molar-refractivity contribution in [3.05, 3.63) is 24.3 Å². The van der Waals surface area contributed by atoms with Gasteiger partial charge < -0.3 is 20.3 Å². The van der Waals surface area contributed by atoms with Crippen LogP contribution in [0.1, 0.15) is 33.6 Å². The largest absolute Gasteiger partial charge is 0.444 e. The fourth-order valence-electron chi connectivity index (χ4n) is 2.72. The van der Waals surface area contributed by atoms with Crippen LogP contribution in [0, 0.1) is 0 Å². The Balaban J connectivity index is 2.15. The quantitative estimate of drug-likeness (QED) is 0.827. The number of ether oxygens (including phenoxy) is 1. The summed E-state index contributed by atoms with van der Waals surface area (Å²) >= 11 is 0. The standard InChI is InChI=1S/C18H24F3N3O3/c1-17(2,3)27-16(26)23-13-11-24(10-6-9-18(19,20)21)14-8-5-4-7-12(14)22-15(13)25/h4-5,7-8,13H,6,9-11H2,1-3H3,(H,22,25)(H,23,26). The third-order valence-electron chi connectivity index (χ3n) is 3.80. The van der Waals surface area contributed by atoms with Crippen LogP contribution in [0.2, 0.25) is 0 Å². The molecule has 9 heteroatoms. The molecular formula is C18H24F3N3O3. The predicted octanol–water partition coefficient (Wildman–Crippen LogP) is 3.68. The van der Waals surface area contributed by atoms with Gasteiger partial charge in [-0.25, -0.2) is 4.79 Å². The topological polar surface area (TPSA) is 70.7 Å². The summed E-state index contributed by atoms with van der Waals surface area (Å²) in [6, 6.07) is 5.88. The molecule has 0 aliphatic carbocycles. The number of nitrogens with one attached hydrogen (secondary N) is 2. The lowest BCUT2D eigenvalue weighted by Crippen LogP contribution is -2.50. The molecule has 1 atom stereocenters. The van der Waals surface area contributed by atoms with Crippen molar-refractivity contribution in [2.75, 3.05) is 23.3 Å². The first-order valence-electron chi connectivity index (χ1n) is 8.66. The van der Waals surface area contributed by atoms with Gasteiger partial charge in [0.05, 0.1) is 11.4 Å². The Morgan fingerprint density at radius 3 is 2.59 bits per heavy atom. The van der Waals surface area contributed by atoms with E-state index in [2.05, 4.69) is 10.6 Å². The minimum Gasteiger partial charge on any atom is -0.444 e. The highest BCUT2D eigenvalue weighted by molar-refractivity contribution is 6.01. The van der Waals surface area contributed by atoms with E-state index in [-0.39, 0.29) is 19.5 Å². The molecule has 27 heavy (non-hydrogen) atoms. The Morgan fingerprint density at radius 2 is 1.96 bits per heavy atom. The molecule has 1 aromatic rings. The third-order valence-corrected chi connectivity index (χ3v) is 3.80. The number of benzene rings is 1. The molecule has 0 saturated heterocycles. The average molecular weight is 387 g/mol. The molecule has 0 saturated carbocycles. The third kappa shape index (κ3) is 6.65. The summed E-state index contributed by atoms with van der Waals surface area (Å²) in [4.78, 5) is 26.2. The number of fused-ring (bicyclic) bond motifs is 1. The first-order valence-corrected chi connectivity index (χ1v) is 8.66. The Bertz CT molecular complexity index is 686. The monoisotopic (exact) mass is 387 g/mol. The van der Waals surface area contributed by atoms with Crippen LogP contribution in [0.5, 0.6) is 0 Å². The number of anilines is 2. The van der Waals surface area contributed by atoms with Gasteiger partial charge in [0, 0.05) is 19.5 Å². The van der Waals surface area contributed by atoms with Gasteiger partial charge in [-0.1, -0.05) is 12.1 Å². The maximum atomic E-state index is 12.5. The van der Waals surface area contributed by atoms with E-state index in [0.717, 1.165) is 0 Å². The van der Waals surface area contributed by atoms with Gasteiger partial charge in [-0.3, -0.25) is 4.79 Å². The highest BCUT2D eigenvalue weighted by Gasteiger charge is 2.32. The van der Waals surface area contributed by atoms with Gasteiger partial charge in [0.25, 0.3) is 0 Å². The van der Waals surface area contributed by atoms with Crippen molar-refractivity contribution in [2.45, 2.75) is 51.4 Å². The van der Waals surface area contributed by atoms with E-state index < -0.39 is 36.2 Å². The van der Waals surface area contributed by atoms with Gasteiger partial charge in [0.15, 0.2) is 0 Å². The zero-order chi connectivity index (χ0) is 20.2. The fourth-order valence-corrected chi connectivity index (χ4v) is 2.72. The Morgan fingerprint density at radius 1 is 1.30 bits per heavy atom. The Hall–Kier alpha value is -2.45. The van der Waals surface area contributed by atoms with Crippen LogP contribution in [0.4, 0.5) is 29.3 Å². The Kier molecular flexibility index (Phi) is 6.22. The zero-order valence-corrected chi connectivity index (χ0v) is 15.5. The van der Waals surface area contributed by atoms with Crippen molar-refractivity contribution in [3.63, 3.8) is 0 Å². The second-order valence-corrected chi connectivity index (χ2v) is 7.37. The summed E-state index contributed by atoms with van der Waals surface area (Å²) < 4.78 is 42.7. The van der Waals surface area contributed by atoms with E-state index in [4.69, 9.17) is 4.74 Å². The Labute approximate surface area is 156 Å². The number of hydrogen-bond donors (Lipinski definition) is 2. The second kappa shape index (κ2) is 8.06. The van der Waals surface area contributed by atoms with Crippen molar-refractivity contribution in [1.82, 2.24) is 5.32 Å². The summed E-state index contributed by atoms with van der Waals surface area (Å²) in [7, 11) is 0. The van der Waals surface area contributed by atoms with Gasteiger partial charge in [-0.2, -0.15) is 13.2 Å². The summed E-state index contributed by atoms with van der Waals surface area (Å²) in [5.41, 5.74) is 0.366. The van der Waals surface area contributed by atoms with E-state index in [1.54, 1.807) is 49.9 Å². The minimum atomic E-state index is -4.24. The van der Waals surface area contributed by atoms with Crippen molar-refractivity contribution in [2.24, 2.45) is 0 Å². The van der Waals surface area contributed by atoms with Crippen LogP contribution >= 0.6 is 0 Å². The van der Waals surface area contributed by atoms with Crippen LogP contribution in [0.15, 0.2) is 24.3 Å². The van der Waals surface area contributed by atoms with Gasteiger partial charge in [0.2, 0.25) is 5.91 Å². The molecular weight excluding hydrogens is 363 g/mol. The molecule has 2 amide bonds. The van der Waals surface area contributed by atoms with Crippen LogP contribution in [0.3, 0.4) is 0 Å². The number of para-hydroxylation sites is 2. The summed E-state index contributed by atoms with van der Waals surface area (Å²) in [6.07, 6.45) is -6.04. The summed E-state index contributed by atoms with van der Waals surface area (Å²) in [6.45, 7) is 5.22. The molecule has 0 aromatic heterocycles. The van der Waals surface area contributed by atoms with Gasteiger partial charge in [0.1, 0.15) is 11.6 Å². The van der Waals surface area contributed by atoms with E-state index >= 15 is 0 Å². The molecule has 1 aromatic carbocycles. The highest BCUT2D eigenvalue weighted by Crippen LogP contribution is 2.30. The molecule has 150 valence electrons. The van der Waals surface area contributed by atoms with Crippen LogP contribution in [-0.4, -0.2) is 42.9 Å². The number of halogens is 3. The first-order chi connectivity index (χ1) is 12.4. The molecule has 2 N–H and O–H groups in total. The lowest BCUT2D eigenvalue weighted by atomic mass is 10.2. The molecule has 1 aliphatic rings. The molecule has 1 aliphatic heterocycles. The van der Waals surface area contributed by atoms with Crippen molar-refractivity contribution >= 4 is 23.4 Å². The van der Waals surface area contributed by atoms with Crippen LogP contribution in [0.25, 0.3) is 0 Å². The molecule has 6 nitrogen and oxygen atoms in total. The fraction of sp³-hybridized carbons (Fsp3) is 0.556. The molecule has 1 heterocycles. The average Bonchev–Trinajstić information content (AvgIpc) is 2.62. The van der Waals surface area contributed by atoms with E-state index in [1.165, 1.54) is 0 Å². The molecule has 2 rings (SSSR count). The number of amides is 2. The predicted molar refractivity (Wildman–Crippen MR) is 95.7 cm³/mol. The maximum absolute atomic E-state index is 12.5. The molecule has 0 fully saturated rings.